The minimum atomic E-state index is -1.02. The molecule has 0 aliphatic carbocycles. The fraction of sp³-hybridized carbons (Fsp3) is 0.167. The number of carboxylic acids is 1. The van der Waals surface area contributed by atoms with Crippen molar-refractivity contribution in [2.24, 2.45) is 0 Å². The highest BCUT2D eigenvalue weighted by molar-refractivity contribution is 6.04. The molecule has 2 aromatic rings. The molecule has 0 saturated heterocycles. The van der Waals surface area contributed by atoms with E-state index in [9.17, 15) is 9.90 Å². The standard InChI is InChI=1S/C12H11NO3/c1-2-16-9-6-5-8-4-3-7-13-11(8)10(9)12(14)15/h3-7H,2H2,1H3,(H,14,15). The highest BCUT2D eigenvalue weighted by Crippen LogP contribution is 2.26. The zero-order chi connectivity index (χ0) is 11.5. The summed E-state index contributed by atoms with van der Waals surface area (Å²) >= 11 is 0. The molecule has 1 heterocycles. The molecule has 0 atom stereocenters. The van der Waals surface area contributed by atoms with Crippen molar-refractivity contribution in [1.82, 2.24) is 4.98 Å². The third-order valence-electron chi connectivity index (χ3n) is 2.25. The molecule has 4 heteroatoms. The number of carbonyl (C=O) groups is 1. The second kappa shape index (κ2) is 4.18. The summed E-state index contributed by atoms with van der Waals surface area (Å²) in [5, 5.41) is 9.97. The summed E-state index contributed by atoms with van der Waals surface area (Å²) in [7, 11) is 0. The maximum absolute atomic E-state index is 11.2. The Morgan fingerprint density at radius 1 is 1.44 bits per heavy atom. The number of pyridine rings is 1. The summed E-state index contributed by atoms with van der Waals surface area (Å²) in [6.07, 6.45) is 1.57. The summed E-state index contributed by atoms with van der Waals surface area (Å²) < 4.78 is 5.29. The quantitative estimate of drug-likeness (QED) is 0.857. The van der Waals surface area contributed by atoms with Gasteiger partial charge in [-0.15, -0.1) is 0 Å². The van der Waals surface area contributed by atoms with Crippen molar-refractivity contribution in [1.29, 1.82) is 0 Å². The monoisotopic (exact) mass is 217 g/mol. The predicted octanol–water partition coefficient (Wildman–Crippen LogP) is 2.33. The van der Waals surface area contributed by atoms with Crippen molar-refractivity contribution in [3.63, 3.8) is 0 Å². The Balaban J connectivity index is 2.73. The van der Waals surface area contributed by atoms with E-state index in [-0.39, 0.29) is 5.56 Å². The first-order valence-electron chi connectivity index (χ1n) is 4.98. The molecule has 1 N–H and O–H groups in total. The molecular formula is C12H11NO3. The normalized spacial score (nSPS) is 10.3. The summed E-state index contributed by atoms with van der Waals surface area (Å²) in [6, 6.07) is 7.07. The van der Waals surface area contributed by atoms with Gasteiger partial charge in [-0.1, -0.05) is 6.07 Å². The van der Waals surface area contributed by atoms with Crippen LogP contribution in [-0.2, 0) is 0 Å². The van der Waals surface area contributed by atoms with Gasteiger partial charge in [0, 0.05) is 11.6 Å². The molecule has 1 aromatic carbocycles. The Labute approximate surface area is 92.5 Å². The van der Waals surface area contributed by atoms with Crippen molar-refractivity contribution < 1.29 is 14.6 Å². The smallest absolute Gasteiger partial charge is 0.341 e. The number of fused-ring (bicyclic) bond motifs is 1. The number of aromatic carboxylic acids is 1. The number of rotatable bonds is 3. The average molecular weight is 217 g/mol. The number of hydrogen-bond acceptors (Lipinski definition) is 3. The van der Waals surface area contributed by atoms with Crippen LogP contribution in [0.1, 0.15) is 17.3 Å². The fourth-order valence-electron chi connectivity index (χ4n) is 1.61. The van der Waals surface area contributed by atoms with E-state index < -0.39 is 5.97 Å². The first kappa shape index (κ1) is 10.4. The number of ether oxygens (including phenoxy) is 1. The Kier molecular flexibility index (Phi) is 2.72. The van der Waals surface area contributed by atoms with Crippen LogP contribution in [0, 0.1) is 0 Å². The van der Waals surface area contributed by atoms with Gasteiger partial charge in [-0.05, 0) is 25.1 Å². The number of hydrogen-bond donors (Lipinski definition) is 1. The first-order chi connectivity index (χ1) is 7.74. The molecule has 4 nitrogen and oxygen atoms in total. The lowest BCUT2D eigenvalue weighted by Gasteiger charge is -2.08. The van der Waals surface area contributed by atoms with Gasteiger partial charge in [-0.3, -0.25) is 4.98 Å². The zero-order valence-electron chi connectivity index (χ0n) is 8.80. The molecule has 2 rings (SSSR count). The van der Waals surface area contributed by atoms with Crippen LogP contribution in [0.2, 0.25) is 0 Å². The van der Waals surface area contributed by atoms with Crippen LogP contribution < -0.4 is 4.74 Å². The average Bonchev–Trinajstić information content (AvgIpc) is 2.28. The molecule has 0 bridgehead atoms. The Hall–Kier alpha value is -2.10. The first-order valence-corrected chi connectivity index (χ1v) is 4.98. The summed E-state index contributed by atoms with van der Waals surface area (Å²) in [5.41, 5.74) is 0.584. The van der Waals surface area contributed by atoms with Crippen molar-refractivity contribution in [3.05, 3.63) is 36.0 Å². The third kappa shape index (κ3) is 1.69. The van der Waals surface area contributed by atoms with Gasteiger partial charge < -0.3 is 9.84 Å². The molecule has 1 aromatic heterocycles. The molecule has 0 fully saturated rings. The number of aromatic nitrogens is 1. The van der Waals surface area contributed by atoms with Crippen LogP contribution in [0.25, 0.3) is 10.9 Å². The summed E-state index contributed by atoms with van der Waals surface area (Å²) in [4.78, 5) is 15.3. The van der Waals surface area contributed by atoms with E-state index in [4.69, 9.17) is 4.74 Å². The topological polar surface area (TPSA) is 59.4 Å². The van der Waals surface area contributed by atoms with Crippen LogP contribution in [0.4, 0.5) is 0 Å². The molecule has 16 heavy (non-hydrogen) atoms. The maximum Gasteiger partial charge on any atom is 0.341 e. The van der Waals surface area contributed by atoms with Gasteiger partial charge in [0.25, 0.3) is 0 Å². The summed E-state index contributed by atoms with van der Waals surface area (Å²) in [5.74, 6) is -0.658. The van der Waals surface area contributed by atoms with E-state index in [1.165, 1.54) is 0 Å². The van der Waals surface area contributed by atoms with E-state index in [2.05, 4.69) is 4.98 Å². The number of nitrogens with zero attached hydrogens (tertiary/aromatic N) is 1. The minimum absolute atomic E-state index is 0.125. The largest absolute Gasteiger partial charge is 0.493 e. The predicted molar refractivity (Wildman–Crippen MR) is 59.9 cm³/mol. The molecule has 0 amide bonds. The molecular weight excluding hydrogens is 206 g/mol. The van der Waals surface area contributed by atoms with Gasteiger partial charge in [0.15, 0.2) is 0 Å². The Morgan fingerprint density at radius 2 is 2.25 bits per heavy atom. The fourth-order valence-corrected chi connectivity index (χ4v) is 1.61. The van der Waals surface area contributed by atoms with Crippen LogP contribution in [0.5, 0.6) is 5.75 Å². The van der Waals surface area contributed by atoms with Gasteiger partial charge in [0.1, 0.15) is 11.3 Å². The number of benzene rings is 1. The lowest BCUT2D eigenvalue weighted by molar-refractivity contribution is 0.0694. The lowest BCUT2D eigenvalue weighted by atomic mass is 10.1. The Bertz CT molecular complexity index is 537. The highest BCUT2D eigenvalue weighted by Gasteiger charge is 2.16. The van der Waals surface area contributed by atoms with E-state index in [1.807, 2.05) is 13.0 Å². The van der Waals surface area contributed by atoms with Crippen LogP contribution >= 0.6 is 0 Å². The maximum atomic E-state index is 11.2. The minimum Gasteiger partial charge on any atom is -0.493 e. The van der Waals surface area contributed by atoms with Crippen molar-refractivity contribution in [2.45, 2.75) is 6.92 Å². The van der Waals surface area contributed by atoms with E-state index in [0.29, 0.717) is 17.9 Å². The lowest BCUT2D eigenvalue weighted by Crippen LogP contribution is -2.04. The van der Waals surface area contributed by atoms with Crippen LogP contribution in [0.3, 0.4) is 0 Å². The van der Waals surface area contributed by atoms with Gasteiger partial charge in [-0.25, -0.2) is 4.79 Å². The molecule has 0 saturated carbocycles. The second-order valence-corrected chi connectivity index (χ2v) is 3.25. The van der Waals surface area contributed by atoms with Crippen molar-refractivity contribution in [2.75, 3.05) is 6.61 Å². The third-order valence-corrected chi connectivity index (χ3v) is 2.25. The molecule has 0 spiro atoms. The summed E-state index contributed by atoms with van der Waals surface area (Å²) in [6.45, 7) is 2.24. The molecule has 0 unspecified atom stereocenters. The van der Waals surface area contributed by atoms with Gasteiger partial charge in [0.2, 0.25) is 0 Å². The Morgan fingerprint density at radius 3 is 2.94 bits per heavy atom. The van der Waals surface area contributed by atoms with Gasteiger partial charge in [0.05, 0.1) is 12.1 Å². The zero-order valence-corrected chi connectivity index (χ0v) is 8.80. The van der Waals surface area contributed by atoms with Crippen molar-refractivity contribution >= 4 is 16.9 Å². The van der Waals surface area contributed by atoms with E-state index >= 15 is 0 Å². The van der Waals surface area contributed by atoms with Crippen molar-refractivity contribution in [3.8, 4) is 5.75 Å². The molecule has 82 valence electrons. The van der Waals surface area contributed by atoms with Crippen LogP contribution in [0.15, 0.2) is 30.5 Å². The highest BCUT2D eigenvalue weighted by atomic mass is 16.5. The van der Waals surface area contributed by atoms with Gasteiger partial charge >= 0.3 is 5.97 Å². The second-order valence-electron chi connectivity index (χ2n) is 3.25. The molecule has 0 radical (unpaired) electrons. The van der Waals surface area contributed by atoms with E-state index in [0.717, 1.165) is 5.39 Å². The number of carboxylic acid groups (broad SMARTS) is 1. The molecule has 0 aliphatic heterocycles. The van der Waals surface area contributed by atoms with E-state index in [1.54, 1.807) is 24.4 Å². The van der Waals surface area contributed by atoms with Gasteiger partial charge in [-0.2, -0.15) is 0 Å². The molecule has 0 aliphatic rings. The SMILES string of the molecule is CCOc1ccc2cccnc2c1C(=O)O. The van der Waals surface area contributed by atoms with Crippen LogP contribution in [-0.4, -0.2) is 22.7 Å².